The van der Waals surface area contributed by atoms with Crippen LogP contribution >= 0.6 is 0 Å². The second-order valence-corrected chi connectivity index (χ2v) is 7.94. The number of nitrogens with two attached hydrogens (primary N) is 1. The van der Waals surface area contributed by atoms with Crippen molar-refractivity contribution in [1.82, 2.24) is 10.6 Å². The summed E-state index contributed by atoms with van der Waals surface area (Å²) in [5, 5.41) is 13.4. The van der Waals surface area contributed by atoms with Crippen molar-refractivity contribution in [2.75, 3.05) is 0 Å². The summed E-state index contributed by atoms with van der Waals surface area (Å²) in [6, 6.07) is 14.4. The summed E-state index contributed by atoms with van der Waals surface area (Å²) in [7, 11) is 0. The predicted octanol–water partition coefficient (Wildman–Crippen LogP) is 2.33. The minimum absolute atomic E-state index is 0.0537. The molecule has 0 aromatic heterocycles. The van der Waals surface area contributed by atoms with E-state index in [9.17, 15) is 9.59 Å². The SMILES string of the molecule is CCC(=N)c1ccc(CNC(=O)[C@H](C)NC(=O)[C@H](N)C2Cc3ccccc3C2)cc1. The Morgan fingerprint density at radius 3 is 2.23 bits per heavy atom. The van der Waals surface area contributed by atoms with Gasteiger partial charge in [0.05, 0.1) is 6.04 Å². The Morgan fingerprint density at radius 2 is 1.67 bits per heavy atom. The van der Waals surface area contributed by atoms with Crippen molar-refractivity contribution >= 4 is 17.5 Å². The number of fused-ring (bicyclic) bond motifs is 1. The molecule has 0 bridgehead atoms. The van der Waals surface area contributed by atoms with Crippen LogP contribution in [0.4, 0.5) is 0 Å². The quantitative estimate of drug-likeness (QED) is 0.505. The van der Waals surface area contributed by atoms with Gasteiger partial charge in [0.25, 0.3) is 0 Å². The Morgan fingerprint density at radius 1 is 1.07 bits per heavy atom. The molecule has 2 aromatic carbocycles. The molecule has 0 aliphatic heterocycles. The summed E-state index contributed by atoms with van der Waals surface area (Å²) in [4.78, 5) is 25.0. The normalized spacial score (nSPS) is 15.2. The number of carbonyl (C=O) groups excluding carboxylic acids is 2. The fourth-order valence-electron chi connectivity index (χ4n) is 3.81. The molecule has 1 aliphatic rings. The van der Waals surface area contributed by atoms with Gasteiger partial charge in [-0.1, -0.05) is 55.5 Å². The topological polar surface area (TPSA) is 108 Å². The molecule has 5 N–H and O–H groups in total. The van der Waals surface area contributed by atoms with Crippen LogP contribution in [-0.4, -0.2) is 29.6 Å². The molecular formula is C24H30N4O2. The number of rotatable bonds is 8. The van der Waals surface area contributed by atoms with E-state index in [1.807, 2.05) is 43.3 Å². The lowest BCUT2D eigenvalue weighted by Gasteiger charge is -2.21. The fraction of sp³-hybridized carbons (Fsp3) is 0.375. The van der Waals surface area contributed by atoms with Crippen LogP contribution in [-0.2, 0) is 29.0 Å². The smallest absolute Gasteiger partial charge is 0.242 e. The van der Waals surface area contributed by atoms with Crippen molar-refractivity contribution in [2.45, 2.75) is 51.7 Å². The summed E-state index contributed by atoms with van der Waals surface area (Å²) in [5.74, 6) is -0.494. The lowest BCUT2D eigenvalue weighted by molar-refractivity contribution is -0.129. The Kier molecular flexibility index (Phi) is 7.00. The van der Waals surface area contributed by atoms with E-state index in [0.717, 1.165) is 24.0 Å². The maximum Gasteiger partial charge on any atom is 0.242 e. The van der Waals surface area contributed by atoms with Gasteiger partial charge < -0.3 is 21.8 Å². The molecule has 6 heteroatoms. The van der Waals surface area contributed by atoms with E-state index >= 15 is 0 Å². The van der Waals surface area contributed by atoms with E-state index in [4.69, 9.17) is 11.1 Å². The second-order valence-electron chi connectivity index (χ2n) is 7.94. The highest BCUT2D eigenvalue weighted by Crippen LogP contribution is 2.28. The van der Waals surface area contributed by atoms with Crippen LogP contribution in [0.2, 0.25) is 0 Å². The molecule has 2 amide bonds. The molecule has 0 fully saturated rings. The van der Waals surface area contributed by atoms with Gasteiger partial charge >= 0.3 is 0 Å². The largest absolute Gasteiger partial charge is 0.350 e. The lowest BCUT2D eigenvalue weighted by atomic mass is 9.96. The zero-order chi connectivity index (χ0) is 21.7. The molecule has 0 saturated carbocycles. The van der Waals surface area contributed by atoms with Gasteiger partial charge in [0.2, 0.25) is 11.8 Å². The van der Waals surface area contributed by atoms with Crippen LogP contribution in [0, 0.1) is 11.3 Å². The molecule has 0 heterocycles. The average Bonchev–Trinajstić information content (AvgIpc) is 3.20. The Hall–Kier alpha value is -2.99. The summed E-state index contributed by atoms with van der Waals surface area (Å²) in [6.45, 7) is 3.97. The van der Waals surface area contributed by atoms with Gasteiger partial charge in [0, 0.05) is 12.3 Å². The third-order valence-corrected chi connectivity index (χ3v) is 5.77. The minimum atomic E-state index is -0.667. The molecule has 0 spiro atoms. The molecule has 6 nitrogen and oxygen atoms in total. The summed E-state index contributed by atoms with van der Waals surface area (Å²) in [6.07, 6.45) is 2.26. The minimum Gasteiger partial charge on any atom is -0.350 e. The second kappa shape index (κ2) is 9.67. The predicted molar refractivity (Wildman–Crippen MR) is 118 cm³/mol. The van der Waals surface area contributed by atoms with Crippen LogP contribution < -0.4 is 16.4 Å². The first kappa shape index (κ1) is 21.7. The van der Waals surface area contributed by atoms with Crippen molar-refractivity contribution in [2.24, 2.45) is 11.7 Å². The molecule has 158 valence electrons. The molecule has 2 atom stereocenters. The lowest BCUT2D eigenvalue weighted by Crippen LogP contribution is -2.52. The summed E-state index contributed by atoms with van der Waals surface area (Å²) in [5.41, 5.74) is 11.1. The summed E-state index contributed by atoms with van der Waals surface area (Å²) >= 11 is 0. The van der Waals surface area contributed by atoms with Crippen molar-refractivity contribution in [3.8, 4) is 0 Å². The molecule has 0 unspecified atom stereocenters. The van der Waals surface area contributed by atoms with Crippen molar-refractivity contribution in [1.29, 1.82) is 5.41 Å². The number of hydrogen-bond donors (Lipinski definition) is 4. The molecule has 2 aromatic rings. The zero-order valence-electron chi connectivity index (χ0n) is 17.6. The molecule has 3 rings (SSSR count). The first-order chi connectivity index (χ1) is 14.4. The van der Waals surface area contributed by atoms with Gasteiger partial charge in [-0.2, -0.15) is 0 Å². The van der Waals surface area contributed by atoms with Gasteiger partial charge in [-0.15, -0.1) is 0 Å². The highest BCUT2D eigenvalue weighted by molar-refractivity contribution is 5.98. The van der Waals surface area contributed by atoms with Gasteiger partial charge in [-0.05, 0) is 54.4 Å². The Bertz CT molecular complexity index is 898. The van der Waals surface area contributed by atoms with E-state index in [0.29, 0.717) is 18.7 Å². The number of benzene rings is 2. The van der Waals surface area contributed by atoms with Gasteiger partial charge in [0.1, 0.15) is 6.04 Å². The maximum absolute atomic E-state index is 12.6. The van der Waals surface area contributed by atoms with Crippen LogP contribution in [0.15, 0.2) is 48.5 Å². The summed E-state index contributed by atoms with van der Waals surface area (Å²) < 4.78 is 0. The molecular weight excluding hydrogens is 376 g/mol. The van der Waals surface area contributed by atoms with Crippen molar-refractivity contribution in [3.05, 3.63) is 70.8 Å². The number of carbonyl (C=O) groups is 2. The highest BCUT2D eigenvalue weighted by Gasteiger charge is 2.31. The fourth-order valence-corrected chi connectivity index (χ4v) is 3.81. The first-order valence-corrected chi connectivity index (χ1v) is 10.5. The van der Waals surface area contributed by atoms with E-state index in [-0.39, 0.29) is 17.7 Å². The van der Waals surface area contributed by atoms with Gasteiger partial charge in [-0.25, -0.2) is 0 Å². The van der Waals surface area contributed by atoms with Crippen LogP contribution in [0.25, 0.3) is 0 Å². The van der Waals surface area contributed by atoms with Gasteiger partial charge in [0.15, 0.2) is 0 Å². The first-order valence-electron chi connectivity index (χ1n) is 10.5. The number of nitrogens with one attached hydrogen (secondary N) is 3. The third-order valence-electron chi connectivity index (χ3n) is 5.77. The monoisotopic (exact) mass is 406 g/mol. The van der Waals surface area contributed by atoms with Crippen molar-refractivity contribution < 1.29 is 9.59 Å². The number of hydrogen-bond acceptors (Lipinski definition) is 4. The van der Waals surface area contributed by atoms with E-state index < -0.39 is 12.1 Å². The average molecular weight is 407 g/mol. The van der Waals surface area contributed by atoms with Crippen LogP contribution in [0.3, 0.4) is 0 Å². The molecule has 0 saturated heterocycles. The highest BCUT2D eigenvalue weighted by atomic mass is 16.2. The molecule has 0 radical (unpaired) electrons. The number of amides is 2. The van der Waals surface area contributed by atoms with Crippen LogP contribution in [0.5, 0.6) is 0 Å². The van der Waals surface area contributed by atoms with E-state index in [2.05, 4.69) is 22.8 Å². The molecule has 1 aliphatic carbocycles. The van der Waals surface area contributed by atoms with Crippen molar-refractivity contribution in [3.63, 3.8) is 0 Å². The van der Waals surface area contributed by atoms with Crippen LogP contribution in [0.1, 0.15) is 42.5 Å². The molecule has 30 heavy (non-hydrogen) atoms. The standard InChI is InChI=1S/C24H30N4O2/c1-3-21(25)17-10-8-16(9-11-17)14-27-23(29)15(2)28-24(30)22(26)20-12-18-6-4-5-7-19(18)13-20/h4-11,15,20,22,25H,3,12-14,26H2,1-2H3,(H,27,29)(H,28,30)/t15-,22+/m0/s1. The Balaban J connectivity index is 1.47. The van der Waals surface area contributed by atoms with E-state index in [1.54, 1.807) is 6.92 Å². The zero-order valence-corrected chi connectivity index (χ0v) is 17.6. The van der Waals surface area contributed by atoms with E-state index in [1.165, 1.54) is 11.1 Å². The third kappa shape index (κ3) is 5.13. The maximum atomic E-state index is 12.6. The Labute approximate surface area is 177 Å². The van der Waals surface area contributed by atoms with Gasteiger partial charge in [-0.3, -0.25) is 9.59 Å².